The molecule has 0 saturated carbocycles. The lowest BCUT2D eigenvalue weighted by Crippen LogP contribution is -2.61. The number of aromatic nitrogens is 1. The molecule has 2 aromatic rings. The average molecular weight is 547 g/mol. The van der Waals surface area contributed by atoms with Crippen LogP contribution < -0.4 is 4.90 Å². The van der Waals surface area contributed by atoms with Crippen molar-refractivity contribution in [2.75, 3.05) is 44.2 Å². The summed E-state index contributed by atoms with van der Waals surface area (Å²) in [6.45, 7) is 3.41. The van der Waals surface area contributed by atoms with Gasteiger partial charge >= 0.3 is 5.97 Å². The number of anilines is 1. The fraction of sp³-hybridized carbons (Fsp3) is 0.423. The van der Waals surface area contributed by atoms with Gasteiger partial charge in [0.05, 0.1) is 13.2 Å². The quantitative estimate of drug-likeness (QED) is 0.469. The van der Waals surface area contributed by atoms with Gasteiger partial charge < -0.3 is 14.5 Å². The van der Waals surface area contributed by atoms with Gasteiger partial charge in [0.15, 0.2) is 0 Å². The molecule has 11 heteroatoms. The number of hydrogen-bond acceptors (Lipinski definition) is 7. The maximum atomic E-state index is 13.2. The van der Waals surface area contributed by atoms with E-state index in [1.807, 2.05) is 12.1 Å². The summed E-state index contributed by atoms with van der Waals surface area (Å²) in [6, 6.07) is 9.67. The van der Waals surface area contributed by atoms with E-state index in [0.717, 1.165) is 41.3 Å². The Balaban J connectivity index is 1.44. The summed E-state index contributed by atoms with van der Waals surface area (Å²) in [6.07, 6.45) is 6.68. The SMILES string of the molecule is CCOC(=O)C1CN(S(=O)(=O)/C=C/c2ccc(Cl)cc2)CC(=O)N1CC1CCN(c2ccncc2)CC1. The highest BCUT2D eigenvalue weighted by atomic mass is 35.5. The van der Waals surface area contributed by atoms with Crippen LogP contribution >= 0.6 is 11.6 Å². The Morgan fingerprint density at radius 3 is 2.46 bits per heavy atom. The van der Waals surface area contributed by atoms with Crippen LogP contribution in [0.5, 0.6) is 0 Å². The van der Waals surface area contributed by atoms with Gasteiger partial charge in [0.25, 0.3) is 0 Å². The first kappa shape index (κ1) is 27.1. The molecule has 3 heterocycles. The molecule has 1 atom stereocenters. The molecule has 37 heavy (non-hydrogen) atoms. The van der Waals surface area contributed by atoms with E-state index in [9.17, 15) is 18.0 Å². The van der Waals surface area contributed by atoms with Crippen molar-refractivity contribution < 1.29 is 22.7 Å². The fourth-order valence-electron chi connectivity index (χ4n) is 4.67. The van der Waals surface area contributed by atoms with Gasteiger partial charge in [-0.2, -0.15) is 4.31 Å². The molecule has 1 unspecified atom stereocenters. The summed E-state index contributed by atoms with van der Waals surface area (Å²) >= 11 is 5.89. The molecule has 0 aliphatic carbocycles. The predicted molar refractivity (Wildman–Crippen MR) is 142 cm³/mol. The number of hydrogen-bond donors (Lipinski definition) is 0. The van der Waals surface area contributed by atoms with Gasteiger partial charge in [0.1, 0.15) is 6.04 Å². The zero-order valence-electron chi connectivity index (χ0n) is 20.7. The van der Waals surface area contributed by atoms with E-state index in [1.54, 1.807) is 43.6 Å². The van der Waals surface area contributed by atoms with Crippen molar-refractivity contribution in [1.29, 1.82) is 0 Å². The van der Waals surface area contributed by atoms with Gasteiger partial charge in [-0.05, 0) is 61.6 Å². The molecule has 4 rings (SSSR count). The third-order valence-electron chi connectivity index (χ3n) is 6.70. The summed E-state index contributed by atoms with van der Waals surface area (Å²) in [5, 5.41) is 1.60. The Hall–Kier alpha value is -2.95. The second kappa shape index (κ2) is 12.1. The molecular weight excluding hydrogens is 516 g/mol. The lowest BCUT2D eigenvalue weighted by atomic mass is 9.94. The van der Waals surface area contributed by atoms with Crippen LogP contribution in [0.4, 0.5) is 5.69 Å². The number of sulfonamides is 1. The Morgan fingerprint density at radius 1 is 1.14 bits per heavy atom. The van der Waals surface area contributed by atoms with Gasteiger partial charge in [0, 0.05) is 54.7 Å². The molecule has 0 radical (unpaired) electrons. The van der Waals surface area contributed by atoms with Gasteiger partial charge in [-0.1, -0.05) is 23.7 Å². The van der Waals surface area contributed by atoms with Crippen molar-refractivity contribution in [1.82, 2.24) is 14.2 Å². The zero-order chi connectivity index (χ0) is 26.4. The molecule has 2 saturated heterocycles. The molecule has 0 N–H and O–H groups in total. The van der Waals surface area contributed by atoms with Crippen LogP contribution in [0.3, 0.4) is 0 Å². The number of amides is 1. The molecule has 2 fully saturated rings. The van der Waals surface area contributed by atoms with Gasteiger partial charge in [0.2, 0.25) is 15.9 Å². The van der Waals surface area contributed by atoms with Gasteiger partial charge in [-0.3, -0.25) is 9.78 Å². The third kappa shape index (κ3) is 6.88. The van der Waals surface area contributed by atoms with E-state index >= 15 is 0 Å². The van der Waals surface area contributed by atoms with E-state index in [2.05, 4.69) is 9.88 Å². The Kier molecular flexibility index (Phi) is 8.83. The number of piperazine rings is 1. The monoisotopic (exact) mass is 546 g/mol. The second-order valence-corrected chi connectivity index (χ2v) is 11.4. The number of ether oxygens (including phenoxy) is 1. The maximum Gasteiger partial charge on any atom is 0.330 e. The lowest BCUT2D eigenvalue weighted by Gasteiger charge is -2.42. The molecule has 0 spiro atoms. The highest BCUT2D eigenvalue weighted by Gasteiger charge is 2.42. The van der Waals surface area contributed by atoms with Crippen molar-refractivity contribution in [2.45, 2.75) is 25.8 Å². The highest BCUT2D eigenvalue weighted by Crippen LogP contribution is 2.26. The molecule has 2 aliphatic rings. The molecule has 198 valence electrons. The number of esters is 1. The lowest BCUT2D eigenvalue weighted by molar-refractivity contribution is -0.158. The molecule has 0 bridgehead atoms. The number of halogens is 1. The normalized spacial score (nSPS) is 19.9. The van der Waals surface area contributed by atoms with E-state index in [0.29, 0.717) is 17.1 Å². The predicted octanol–water partition coefficient (Wildman–Crippen LogP) is 3.03. The maximum absolute atomic E-state index is 13.2. The Bertz CT molecular complexity index is 1220. The number of piperidine rings is 1. The van der Waals surface area contributed by atoms with Crippen LogP contribution in [-0.2, 0) is 24.3 Å². The van der Waals surface area contributed by atoms with Crippen LogP contribution in [0.25, 0.3) is 6.08 Å². The first-order chi connectivity index (χ1) is 17.8. The molecule has 1 aromatic heterocycles. The first-order valence-electron chi connectivity index (χ1n) is 12.3. The van der Waals surface area contributed by atoms with Crippen molar-refractivity contribution in [3.05, 3.63) is 64.8 Å². The van der Waals surface area contributed by atoms with Gasteiger partial charge in [-0.25, -0.2) is 13.2 Å². The number of carbonyl (C=O) groups is 2. The Labute approximate surface area is 222 Å². The van der Waals surface area contributed by atoms with Crippen molar-refractivity contribution in [3.63, 3.8) is 0 Å². The topological polar surface area (TPSA) is 100 Å². The zero-order valence-corrected chi connectivity index (χ0v) is 22.3. The smallest absolute Gasteiger partial charge is 0.330 e. The minimum Gasteiger partial charge on any atom is -0.464 e. The number of carbonyl (C=O) groups excluding carboxylic acids is 2. The van der Waals surface area contributed by atoms with Crippen LogP contribution in [0, 0.1) is 5.92 Å². The van der Waals surface area contributed by atoms with E-state index < -0.39 is 27.9 Å². The third-order valence-corrected chi connectivity index (χ3v) is 8.43. The van der Waals surface area contributed by atoms with Gasteiger partial charge in [-0.15, -0.1) is 0 Å². The minimum absolute atomic E-state index is 0.144. The summed E-state index contributed by atoms with van der Waals surface area (Å²) in [7, 11) is -3.95. The highest BCUT2D eigenvalue weighted by molar-refractivity contribution is 7.92. The van der Waals surface area contributed by atoms with Crippen molar-refractivity contribution in [3.8, 4) is 0 Å². The largest absolute Gasteiger partial charge is 0.464 e. The molecular formula is C26H31ClN4O5S. The molecule has 2 aliphatic heterocycles. The van der Waals surface area contributed by atoms with E-state index in [1.165, 1.54) is 11.0 Å². The molecule has 1 amide bonds. The molecule has 9 nitrogen and oxygen atoms in total. The van der Waals surface area contributed by atoms with Crippen LogP contribution in [-0.4, -0.2) is 79.9 Å². The van der Waals surface area contributed by atoms with Crippen molar-refractivity contribution in [2.24, 2.45) is 5.92 Å². The minimum atomic E-state index is -3.95. The summed E-state index contributed by atoms with van der Waals surface area (Å²) in [5.41, 5.74) is 1.76. The number of benzene rings is 1. The number of pyridine rings is 1. The van der Waals surface area contributed by atoms with Crippen LogP contribution in [0.1, 0.15) is 25.3 Å². The Morgan fingerprint density at radius 2 is 1.81 bits per heavy atom. The summed E-state index contributed by atoms with van der Waals surface area (Å²) in [4.78, 5) is 33.9. The average Bonchev–Trinajstić information content (AvgIpc) is 2.90. The summed E-state index contributed by atoms with van der Waals surface area (Å²) in [5.74, 6) is -0.789. The number of rotatable bonds is 8. The standard InChI is InChI=1S/C26H31ClN4O5S/c1-2-36-26(33)24-18-30(37(34,35)16-11-20-3-5-22(27)6-4-20)19-25(32)31(24)17-21-9-14-29(15-10-21)23-7-12-28-13-8-23/h3-8,11-13,16,21,24H,2,9-10,14-15,17-19H2,1H3/b16-11+. The fourth-order valence-corrected chi connectivity index (χ4v) is 5.93. The van der Waals surface area contributed by atoms with Crippen molar-refractivity contribution >= 4 is 45.3 Å². The second-order valence-electron chi connectivity index (χ2n) is 9.14. The van der Waals surface area contributed by atoms with E-state index in [-0.39, 0.29) is 25.6 Å². The first-order valence-corrected chi connectivity index (χ1v) is 14.2. The summed E-state index contributed by atoms with van der Waals surface area (Å²) < 4.78 is 32.4. The molecule has 1 aromatic carbocycles. The van der Waals surface area contributed by atoms with E-state index in [4.69, 9.17) is 16.3 Å². The van der Waals surface area contributed by atoms with Crippen LogP contribution in [0.15, 0.2) is 54.2 Å². The van der Waals surface area contributed by atoms with Crippen LogP contribution in [0.2, 0.25) is 5.02 Å². The number of nitrogens with zero attached hydrogens (tertiary/aromatic N) is 4.